The number of nitrogens with two attached hydrogens (primary N) is 1. The summed E-state index contributed by atoms with van der Waals surface area (Å²) in [4.78, 5) is 34.4. The number of benzene rings is 4. The minimum Gasteiger partial charge on any atom is -0.462 e. The Labute approximate surface area is 284 Å². The Morgan fingerprint density at radius 3 is 2.10 bits per heavy atom. The third-order valence-electron chi connectivity index (χ3n) is 9.00. The van der Waals surface area contributed by atoms with Gasteiger partial charge < -0.3 is 34.1 Å². The topological polar surface area (TPSA) is 121 Å². The number of nitrogen functional groups attached to an aromatic ring is 1. The third-order valence-corrected chi connectivity index (χ3v) is 9.00. The van der Waals surface area contributed by atoms with Crippen molar-refractivity contribution < 1.29 is 28.5 Å². The van der Waals surface area contributed by atoms with Gasteiger partial charge in [0.05, 0.1) is 46.7 Å². The van der Waals surface area contributed by atoms with Crippen molar-refractivity contribution in [3.63, 3.8) is 0 Å². The Bertz CT molecular complexity index is 2000. The molecule has 0 bridgehead atoms. The van der Waals surface area contributed by atoms with Gasteiger partial charge in [-0.05, 0) is 73.5 Å². The number of carbonyl (C=O) groups excluding carboxylic acids is 2. The molecule has 0 amide bonds. The molecule has 2 N–H and O–H groups in total. The molecule has 0 unspecified atom stereocenters. The summed E-state index contributed by atoms with van der Waals surface area (Å²) in [5.41, 5.74) is 13.6. The number of rotatable bonds is 10. The molecule has 11 heteroatoms. The van der Waals surface area contributed by atoms with Crippen molar-refractivity contribution in [1.29, 1.82) is 0 Å². The number of carbonyl (C=O) groups is 2. The number of ether oxygens (including phenoxy) is 4. The smallest absolute Gasteiger partial charge is 0.338 e. The largest absolute Gasteiger partial charge is 0.462 e. The van der Waals surface area contributed by atoms with Crippen molar-refractivity contribution in [2.75, 3.05) is 63.4 Å². The van der Waals surface area contributed by atoms with Crippen LogP contribution in [0.15, 0.2) is 78.9 Å². The molecule has 49 heavy (non-hydrogen) atoms. The first-order valence-corrected chi connectivity index (χ1v) is 16.6. The zero-order valence-corrected chi connectivity index (χ0v) is 27.7. The maximum absolute atomic E-state index is 12.5. The van der Waals surface area contributed by atoms with Gasteiger partial charge in [-0.25, -0.2) is 14.6 Å². The summed E-state index contributed by atoms with van der Waals surface area (Å²) in [6.45, 7) is 9.32. The fourth-order valence-corrected chi connectivity index (χ4v) is 6.44. The molecule has 252 valence electrons. The lowest BCUT2D eigenvalue weighted by Crippen LogP contribution is -2.47. The number of imidazole rings is 1. The molecule has 3 heterocycles. The molecule has 0 saturated carbocycles. The molecule has 0 atom stereocenters. The first kappa shape index (κ1) is 32.0. The monoisotopic (exact) mass is 661 g/mol. The maximum atomic E-state index is 12.5. The van der Waals surface area contributed by atoms with Gasteiger partial charge in [0.2, 0.25) is 6.79 Å². The number of fused-ring (bicyclic) bond motifs is 2. The van der Waals surface area contributed by atoms with E-state index in [9.17, 15) is 9.59 Å². The second-order valence-corrected chi connectivity index (χ2v) is 12.0. The molecule has 11 nitrogen and oxygen atoms in total. The van der Waals surface area contributed by atoms with Crippen molar-refractivity contribution >= 4 is 34.3 Å². The number of nitrogens with zero attached hydrogens (tertiary/aromatic N) is 4. The summed E-state index contributed by atoms with van der Waals surface area (Å²) in [5, 5.41) is 0. The van der Waals surface area contributed by atoms with Crippen LogP contribution >= 0.6 is 0 Å². The Morgan fingerprint density at radius 2 is 1.39 bits per heavy atom. The van der Waals surface area contributed by atoms with Crippen LogP contribution in [-0.4, -0.2) is 79.1 Å². The fraction of sp³-hybridized carbons (Fsp3) is 0.289. The zero-order valence-electron chi connectivity index (χ0n) is 27.7. The van der Waals surface area contributed by atoms with E-state index >= 15 is 0 Å². The summed E-state index contributed by atoms with van der Waals surface area (Å²) in [6.07, 6.45) is 0. The molecule has 0 radical (unpaired) electrons. The molecule has 1 fully saturated rings. The first-order chi connectivity index (χ1) is 23.9. The zero-order chi connectivity index (χ0) is 33.9. The summed E-state index contributed by atoms with van der Waals surface area (Å²) in [7, 11) is 0. The molecule has 0 aliphatic carbocycles. The molecule has 1 aromatic heterocycles. The number of anilines is 2. The third kappa shape index (κ3) is 6.62. The molecule has 5 aromatic rings. The molecule has 7 rings (SSSR count). The second-order valence-electron chi connectivity index (χ2n) is 12.0. The highest BCUT2D eigenvalue weighted by atomic mass is 16.7. The molecular weight excluding hydrogens is 622 g/mol. The lowest BCUT2D eigenvalue weighted by atomic mass is 10.0. The van der Waals surface area contributed by atoms with Crippen LogP contribution in [0.3, 0.4) is 0 Å². The summed E-state index contributed by atoms with van der Waals surface area (Å²) in [6, 6.07) is 25.3. The van der Waals surface area contributed by atoms with Crippen LogP contribution in [0, 0.1) is 0 Å². The number of piperazine rings is 1. The van der Waals surface area contributed by atoms with E-state index in [1.165, 1.54) is 0 Å². The van der Waals surface area contributed by atoms with E-state index in [0.717, 1.165) is 83.5 Å². The SMILES string of the molecule is CCOC(=O)c1ccc(N2CCN(CCn3c(-c4ccc(-c5ccc6c(c5)OCO6)cc4)nc4cc(C(=O)OCC)ccc43)CC2)c(N)c1. The Morgan fingerprint density at radius 1 is 0.735 bits per heavy atom. The first-order valence-electron chi connectivity index (χ1n) is 16.6. The predicted molar refractivity (Wildman–Crippen MR) is 188 cm³/mol. The average Bonchev–Trinajstić information content (AvgIpc) is 3.75. The van der Waals surface area contributed by atoms with E-state index < -0.39 is 0 Å². The summed E-state index contributed by atoms with van der Waals surface area (Å²) in [5.74, 6) is 1.61. The summed E-state index contributed by atoms with van der Waals surface area (Å²) >= 11 is 0. The molecule has 0 spiro atoms. The van der Waals surface area contributed by atoms with Gasteiger partial charge in [-0.3, -0.25) is 4.90 Å². The van der Waals surface area contributed by atoms with Gasteiger partial charge in [-0.1, -0.05) is 30.3 Å². The van der Waals surface area contributed by atoms with Crippen molar-refractivity contribution in [3.05, 3.63) is 90.0 Å². The fourth-order valence-electron chi connectivity index (χ4n) is 6.44. The maximum Gasteiger partial charge on any atom is 0.338 e. The van der Waals surface area contributed by atoms with E-state index in [2.05, 4.69) is 38.6 Å². The Hall–Kier alpha value is -5.55. The van der Waals surface area contributed by atoms with Crippen LogP contribution in [0.1, 0.15) is 34.6 Å². The van der Waals surface area contributed by atoms with Gasteiger partial charge in [0.25, 0.3) is 0 Å². The van der Waals surface area contributed by atoms with E-state index in [0.29, 0.717) is 36.6 Å². The van der Waals surface area contributed by atoms with Gasteiger partial charge in [0.15, 0.2) is 11.5 Å². The van der Waals surface area contributed by atoms with Gasteiger partial charge in [0.1, 0.15) is 5.82 Å². The van der Waals surface area contributed by atoms with Gasteiger partial charge in [-0.15, -0.1) is 0 Å². The van der Waals surface area contributed by atoms with Crippen LogP contribution < -0.4 is 20.1 Å². The number of aromatic nitrogens is 2. The van der Waals surface area contributed by atoms with Crippen LogP contribution in [0.2, 0.25) is 0 Å². The highest BCUT2D eigenvalue weighted by Crippen LogP contribution is 2.36. The lowest BCUT2D eigenvalue weighted by Gasteiger charge is -2.36. The van der Waals surface area contributed by atoms with E-state index in [1.54, 1.807) is 32.0 Å². The molecule has 2 aliphatic heterocycles. The lowest BCUT2D eigenvalue weighted by molar-refractivity contribution is 0.0517. The molecule has 1 saturated heterocycles. The highest BCUT2D eigenvalue weighted by Gasteiger charge is 2.22. The van der Waals surface area contributed by atoms with E-state index in [1.807, 2.05) is 36.4 Å². The highest BCUT2D eigenvalue weighted by molar-refractivity contribution is 5.94. The van der Waals surface area contributed by atoms with E-state index in [4.69, 9.17) is 29.7 Å². The van der Waals surface area contributed by atoms with Crippen molar-refractivity contribution in [3.8, 4) is 34.0 Å². The number of hydrogen-bond donors (Lipinski definition) is 1. The minimum absolute atomic E-state index is 0.239. The van der Waals surface area contributed by atoms with Gasteiger partial charge in [0, 0.05) is 44.8 Å². The number of hydrogen-bond acceptors (Lipinski definition) is 10. The number of esters is 2. The van der Waals surface area contributed by atoms with Gasteiger partial charge in [-0.2, -0.15) is 0 Å². The van der Waals surface area contributed by atoms with Crippen molar-refractivity contribution in [2.45, 2.75) is 20.4 Å². The second kappa shape index (κ2) is 13.9. The van der Waals surface area contributed by atoms with Crippen molar-refractivity contribution in [1.82, 2.24) is 14.5 Å². The Balaban J connectivity index is 1.09. The van der Waals surface area contributed by atoms with Crippen LogP contribution in [0.4, 0.5) is 11.4 Å². The Kier molecular flexibility index (Phi) is 9.08. The van der Waals surface area contributed by atoms with E-state index in [-0.39, 0.29) is 18.7 Å². The van der Waals surface area contributed by atoms with Crippen LogP contribution in [0.5, 0.6) is 11.5 Å². The van der Waals surface area contributed by atoms with Crippen molar-refractivity contribution in [2.24, 2.45) is 0 Å². The standard InChI is InChI=1S/C38H39N5O6/c1-3-46-37(44)28-9-12-32(30(39)21-28)42-18-15-41(16-19-42)17-20-43-33-13-10-29(38(45)47-4-2)22-31(33)40-36(43)26-7-5-25(6-8-26)27-11-14-34-35(23-27)49-24-48-34/h5-14,21-23H,3-4,15-20,24,39H2,1-2H3. The van der Waals surface area contributed by atoms with Crippen LogP contribution in [-0.2, 0) is 16.0 Å². The minimum atomic E-state index is -0.366. The quantitative estimate of drug-likeness (QED) is 0.144. The summed E-state index contributed by atoms with van der Waals surface area (Å²) < 4.78 is 23.7. The molecular formula is C38H39N5O6. The predicted octanol–water partition coefficient (Wildman–Crippen LogP) is 5.86. The average molecular weight is 662 g/mol. The van der Waals surface area contributed by atoms with Gasteiger partial charge >= 0.3 is 11.9 Å². The molecule has 2 aliphatic rings. The normalized spacial score (nSPS) is 14.3. The molecule has 4 aromatic carbocycles. The van der Waals surface area contributed by atoms with Crippen LogP contribution in [0.25, 0.3) is 33.5 Å².